The first-order valence-electron chi connectivity index (χ1n) is 16.1. The molecule has 3 aliphatic rings. The second kappa shape index (κ2) is 13.4. The number of rotatable bonds is 9. The molecule has 0 aromatic heterocycles. The summed E-state index contributed by atoms with van der Waals surface area (Å²) in [5.74, 6) is -0.588. The number of fused-ring (bicyclic) bond motifs is 3. The average Bonchev–Trinajstić information content (AvgIpc) is 3.40. The van der Waals surface area contributed by atoms with E-state index in [-0.39, 0.29) is 42.3 Å². The van der Waals surface area contributed by atoms with Crippen LogP contribution in [-0.4, -0.2) is 60.2 Å². The Hall–Kier alpha value is -2.31. The fourth-order valence-corrected chi connectivity index (χ4v) is 10.7. The Labute approximate surface area is 282 Å². The van der Waals surface area contributed by atoms with Crippen molar-refractivity contribution in [2.24, 2.45) is 5.92 Å². The highest BCUT2D eigenvalue weighted by molar-refractivity contribution is 14.1. The van der Waals surface area contributed by atoms with Crippen LogP contribution in [0.3, 0.4) is 0 Å². The standard InChI is InChI=1S/C36H47IN2O5Si/c1-23(2)10-9-11-24(3)16-17-38-31-15-14-28(37)19-30(31)36(35(38)42)25(4)34(45(5,6)43)32(44-36)20-33(41)39-21-27-13-8-7-12-26(27)18-29(39)22-40/h7-8,10,12-16,19,25,29,32,34,40,43H,9,11,17-18,20-22H2,1-6H3/b24-16+/t25-,29-,32+,34-,36+/m0/s1. The molecule has 3 heterocycles. The van der Waals surface area contributed by atoms with Crippen molar-refractivity contribution in [2.45, 2.75) is 96.3 Å². The minimum absolute atomic E-state index is 0.0440. The largest absolute Gasteiger partial charge is 0.432 e. The van der Waals surface area contributed by atoms with Crippen LogP contribution in [-0.2, 0) is 32.9 Å². The molecule has 45 heavy (non-hydrogen) atoms. The molecule has 1 fully saturated rings. The normalized spacial score (nSPS) is 26.3. The summed E-state index contributed by atoms with van der Waals surface area (Å²) in [6.07, 6.45) is 6.25. The number of aliphatic hydroxyl groups is 1. The maximum absolute atomic E-state index is 14.6. The van der Waals surface area contributed by atoms with Crippen molar-refractivity contribution in [2.75, 3.05) is 18.1 Å². The molecular weight excluding hydrogens is 695 g/mol. The van der Waals surface area contributed by atoms with Gasteiger partial charge in [-0.25, -0.2) is 0 Å². The van der Waals surface area contributed by atoms with Gasteiger partial charge in [-0.2, -0.15) is 0 Å². The Kier molecular flexibility index (Phi) is 10.2. The summed E-state index contributed by atoms with van der Waals surface area (Å²) < 4.78 is 7.92. The van der Waals surface area contributed by atoms with Crippen LogP contribution in [0.4, 0.5) is 5.69 Å². The van der Waals surface area contributed by atoms with Gasteiger partial charge in [0.15, 0.2) is 13.9 Å². The Morgan fingerprint density at radius 1 is 1.13 bits per heavy atom. The van der Waals surface area contributed by atoms with Crippen LogP contribution >= 0.6 is 22.6 Å². The van der Waals surface area contributed by atoms with E-state index in [2.05, 4.69) is 61.6 Å². The van der Waals surface area contributed by atoms with Crippen LogP contribution in [0.2, 0.25) is 18.6 Å². The number of anilines is 1. The number of benzene rings is 2. The first kappa shape index (κ1) is 34.0. The van der Waals surface area contributed by atoms with Gasteiger partial charge in [-0.05, 0) is 105 Å². The summed E-state index contributed by atoms with van der Waals surface area (Å²) >= 11 is 2.27. The molecule has 242 valence electrons. The van der Waals surface area contributed by atoms with Gasteiger partial charge in [0.1, 0.15) is 0 Å². The lowest BCUT2D eigenvalue weighted by Gasteiger charge is -2.37. The summed E-state index contributed by atoms with van der Waals surface area (Å²) in [6, 6.07) is 13.8. The van der Waals surface area contributed by atoms with E-state index >= 15 is 0 Å². The van der Waals surface area contributed by atoms with E-state index < -0.39 is 20.0 Å². The number of ether oxygens (including phenoxy) is 1. The molecule has 1 spiro atoms. The molecule has 2 aromatic rings. The Bertz CT molecular complexity index is 1510. The lowest BCUT2D eigenvalue weighted by atomic mass is 9.82. The maximum atomic E-state index is 14.6. The highest BCUT2D eigenvalue weighted by atomic mass is 127. The van der Waals surface area contributed by atoms with E-state index in [1.165, 1.54) is 11.1 Å². The van der Waals surface area contributed by atoms with E-state index in [4.69, 9.17) is 4.74 Å². The zero-order chi connectivity index (χ0) is 32.7. The van der Waals surface area contributed by atoms with E-state index in [0.29, 0.717) is 19.5 Å². The molecule has 2 amide bonds. The molecule has 9 heteroatoms. The van der Waals surface area contributed by atoms with Crippen LogP contribution in [0.5, 0.6) is 0 Å². The number of carbonyl (C=O) groups is 2. The maximum Gasteiger partial charge on any atom is 0.264 e. The number of carbonyl (C=O) groups excluding carboxylic acids is 2. The Morgan fingerprint density at radius 2 is 1.84 bits per heavy atom. The molecule has 1 saturated heterocycles. The summed E-state index contributed by atoms with van der Waals surface area (Å²) in [4.78, 5) is 43.9. The van der Waals surface area contributed by atoms with Gasteiger partial charge in [0.25, 0.3) is 5.91 Å². The second-order valence-corrected chi connectivity index (χ2v) is 19.1. The lowest BCUT2D eigenvalue weighted by molar-refractivity contribution is -0.150. The third-order valence-electron chi connectivity index (χ3n) is 9.92. The van der Waals surface area contributed by atoms with Gasteiger partial charge >= 0.3 is 0 Å². The second-order valence-electron chi connectivity index (χ2n) is 13.8. The number of nitrogens with zero attached hydrogens (tertiary/aromatic N) is 2. The fourth-order valence-electron chi connectivity index (χ4n) is 7.70. The Morgan fingerprint density at radius 3 is 2.51 bits per heavy atom. The SMILES string of the molecule is CC(C)=CCC/C(C)=C/CN1C(=O)[C@]2(O[C@H](CC(=O)N3Cc4ccccc4C[C@H]3CO)[C@@H]([Si](C)(C)O)[C@@H]2C)c2cc(I)ccc21. The highest BCUT2D eigenvalue weighted by Gasteiger charge is 2.66. The molecule has 5 atom stereocenters. The van der Waals surface area contributed by atoms with Gasteiger partial charge in [0.2, 0.25) is 5.91 Å². The molecule has 2 aromatic carbocycles. The van der Waals surface area contributed by atoms with Crippen molar-refractivity contribution in [3.63, 3.8) is 0 Å². The molecule has 0 aliphatic carbocycles. The van der Waals surface area contributed by atoms with E-state index in [1.807, 2.05) is 61.3 Å². The van der Waals surface area contributed by atoms with E-state index in [0.717, 1.165) is 38.8 Å². The molecule has 7 nitrogen and oxygen atoms in total. The van der Waals surface area contributed by atoms with Crippen molar-refractivity contribution in [3.05, 3.63) is 86.0 Å². The molecule has 0 saturated carbocycles. The van der Waals surface area contributed by atoms with Crippen molar-refractivity contribution in [1.82, 2.24) is 4.90 Å². The van der Waals surface area contributed by atoms with Crippen molar-refractivity contribution in [1.29, 1.82) is 0 Å². The van der Waals surface area contributed by atoms with Gasteiger partial charge in [0, 0.05) is 33.7 Å². The Balaban J connectivity index is 1.46. The fraction of sp³-hybridized carbons (Fsp3) is 0.500. The zero-order valence-corrected chi connectivity index (χ0v) is 30.5. The van der Waals surface area contributed by atoms with Gasteiger partial charge in [0.05, 0.1) is 30.9 Å². The highest BCUT2D eigenvalue weighted by Crippen LogP contribution is 2.59. The monoisotopic (exact) mass is 742 g/mol. The topological polar surface area (TPSA) is 90.3 Å². The minimum atomic E-state index is -2.93. The van der Waals surface area contributed by atoms with Crippen LogP contribution < -0.4 is 4.90 Å². The van der Waals surface area contributed by atoms with Gasteiger partial charge in [-0.15, -0.1) is 0 Å². The summed E-state index contributed by atoms with van der Waals surface area (Å²) in [5, 5.41) is 10.2. The minimum Gasteiger partial charge on any atom is -0.432 e. The number of aliphatic hydroxyl groups excluding tert-OH is 1. The van der Waals surface area contributed by atoms with Crippen LogP contribution in [0.15, 0.2) is 65.8 Å². The molecule has 0 radical (unpaired) electrons. The predicted octanol–water partition coefficient (Wildman–Crippen LogP) is 6.46. The van der Waals surface area contributed by atoms with E-state index in [1.54, 1.807) is 4.90 Å². The van der Waals surface area contributed by atoms with E-state index in [9.17, 15) is 19.5 Å². The van der Waals surface area contributed by atoms with Crippen LogP contribution in [0, 0.1) is 9.49 Å². The number of halogens is 1. The molecule has 0 unspecified atom stereocenters. The smallest absolute Gasteiger partial charge is 0.264 e. The summed E-state index contributed by atoms with van der Waals surface area (Å²) in [5.41, 5.74) is 4.77. The summed E-state index contributed by atoms with van der Waals surface area (Å²) in [6.45, 7) is 12.8. The third-order valence-corrected chi connectivity index (χ3v) is 13.1. The quantitative estimate of drug-likeness (QED) is 0.175. The van der Waals surface area contributed by atoms with Crippen LogP contribution in [0.1, 0.15) is 63.6 Å². The van der Waals surface area contributed by atoms with Gasteiger partial charge in [-0.3, -0.25) is 9.59 Å². The molecule has 2 N–H and O–H groups in total. The summed E-state index contributed by atoms with van der Waals surface area (Å²) in [7, 11) is -2.93. The molecule has 5 rings (SSSR count). The van der Waals surface area contributed by atoms with Gasteiger partial charge in [-0.1, -0.05) is 54.5 Å². The predicted molar refractivity (Wildman–Crippen MR) is 189 cm³/mol. The number of hydrogen-bond acceptors (Lipinski definition) is 5. The molecule has 3 aliphatic heterocycles. The van der Waals surface area contributed by atoms with Crippen molar-refractivity contribution < 1.29 is 24.2 Å². The zero-order valence-electron chi connectivity index (χ0n) is 27.3. The number of hydrogen-bond donors (Lipinski definition) is 2. The van der Waals surface area contributed by atoms with Crippen molar-refractivity contribution >= 4 is 48.4 Å². The molecular formula is C36H47IN2O5Si. The lowest BCUT2D eigenvalue weighted by Crippen LogP contribution is -2.48. The molecule has 0 bridgehead atoms. The number of allylic oxidation sites excluding steroid dienone is 3. The third kappa shape index (κ3) is 6.61. The average molecular weight is 743 g/mol. The van der Waals surface area contributed by atoms with Crippen molar-refractivity contribution in [3.8, 4) is 0 Å². The van der Waals surface area contributed by atoms with Gasteiger partial charge < -0.3 is 24.4 Å². The first-order valence-corrected chi connectivity index (χ1v) is 20.2. The van der Waals surface area contributed by atoms with Crippen LogP contribution in [0.25, 0.3) is 0 Å². The number of amides is 2. The first-order chi connectivity index (χ1) is 21.3.